The van der Waals surface area contributed by atoms with Crippen molar-refractivity contribution < 1.29 is 27.5 Å². The van der Waals surface area contributed by atoms with Crippen molar-refractivity contribution >= 4 is 21.8 Å². The number of benzene rings is 2. The number of hydrogen-bond acceptors (Lipinski definition) is 5. The van der Waals surface area contributed by atoms with Gasteiger partial charge in [-0.3, -0.25) is 9.59 Å². The highest BCUT2D eigenvalue weighted by Crippen LogP contribution is 2.24. The van der Waals surface area contributed by atoms with Crippen molar-refractivity contribution in [2.45, 2.75) is 19.0 Å². The van der Waals surface area contributed by atoms with E-state index in [1.165, 1.54) is 36.2 Å². The van der Waals surface area contributed by atoms with Crippen molar-refractivity contribution in [3.05, 3.63) is 71.5 Å². The summed E-state index contributed by atoms with van der Waals surface area (Å²) in [7, 11) is -2.35. The second-order valence-electron chi connectivity index (χ2n) is 7.35. The molecule has 174 valence electrons. The van der Waals surface area contributed by atoms with E-state index in [0.29, 0.717) is 17.5 Å². The Labute approximate surface area is 187 Å². The van der Waals surface area contributed by atoms with E-state index in [9.17, 15) is 22.4 Å². The molecule has 10 heteroatoms. The van der Waals surface area contributed by atoms with Gasteiger partial charge in [-0.05, 0) is 29.7 Å². The van der Waals surface area contributed by atoms with E-state index >= 15 is 0 Å². The Morgan fingerprint density at radius 3 is 2.28 bits per heavy atom. The minimum Gasteiger partial charge on any atom is -0.396 e. The fourth-order valence-corrected chi connectivity index (χ4v) is 3.35. The summed E-state index contributed by atoms with van der Waals surface area (Å²) in [6.45, 7) is -0.398. The van der Waals surface area contributed by atoms with Gasteiger partial charge in [-0.1, -0.05) is 42.5 Å². The van der Waals surface area contributed by atoms with Crippen LogP contribution in [-0.4, -0.2) is 67.5 Å². The Bertz CT molecular complexity index is 1000. The van der Waals surface area contributed by atoms with Crippen LogP contribution < -0.4 is 5.32 Å². The first-order valence-electron chi connectivity index (χ1n) is 10.0. The van der Waals surface area contributed by atoms with Gasteiger partial charge >= 0.3 is 0 Å². The number of nitrogens with zero attached hydrogens (tertiary/aromatic N) is 2. The standard InChI is InChI=1S/C22H28FN3O5S/c1-25(32(2,30)31)16-20(28)26(15-17-9-11-19(23)12-10-17)21(18-7-4-3-5-8-18)22(29)24-13-6-14-27/h3-5,7-12,21,27H,6,13-16H2,1-2H3,(H,24,29)/t21-/m0/s1. The number of aliphatic hydroxyl groups excluding tert-OH is 1. The van der Waals surface area contributed by atoms with E-state index in [4.69, 9.17) is 5.11 Å². The topological polar surface area (TPSA) is 107 Å². The summed E-state index contributed by atoms with van der Waals surface area (Å²) in [6.07, 6.45) is 1.33. The van der Waals surface area contributed by atoms with E-state index in [0.717, 1.165) is 10.6 Å². The molecule has 2 amide bonds. The molecule has 0 spiro atoms. The van der Waals surface area contributed by atoms with Gasteiger partial charge in [0, 0.05) is 26.7 Å². The molecule has 0 unspecified atom stereocenters. The fraction of sp³-hybridized carbons (Fsp3) is 0.364. The number of likely N-dealkylation sites (N-methyl/N-ethyl adjacent to an activating group) is 1. The molecule has 0 saturated heterocycles. The number of amides is 2. The van der Waals surface area contributed by atoms with Crippen molar-refractivity contribution in [3.8, 4) is 0 Å². The number of carbonyl (C=O) groups excluding carboxylic acids is 2. The van der Waals surface area contributed by atoms with Crippen molar-refractivity contribution in [3.63, 3.8) is 0 Å². The Hall–Kier alpha value is -2.82. The van der Waals surface area contributed by atoms with Crippen LogP contribution in [0.4, 0.5) is 4.39 Å². The number of aliphatic hydroxyl groups is 1. The molecule has 0 aliphatic heterocycles. The molecule has 2 N–H and O–H groups in total. The molecule has 32 heavy (non-hydrogen) atoms. The molecule has 1 atom stereocenters. The van der Waals surface area contributed by atoms with E-state index in [1.54, 1.807) is 30.3 Å². The van der Waals surface area contributed by atoms with Crippen LogP contribution in [0.15, 0.2) is 54.6 Å². The van der Waals surface area contributed by atoms with Gasteiger partial charge in [0.1, 0.15) is 11.9 Å². The van der Waals surface area contributed by atoms with Crippen LogP contribution >= 0.6 is 0 Å². The Balaban J connectivity index is 2.45. The monoisotopic (exact) mass is 465 g/mol. The average molecular weight is 466 g/mol. The molecule has 2 aromatic carbocycles. The van der Waals surface area contributed by atoms with E-state index in [2.05, 4.69) is 5.32 Å². The number of rotatable bonds is 11. The third-order valence-corrected chi connectivity index (χ3v) is 6.08. The minimum atomic E-state index is -3.63. The van der Waals surface area contributed by atoms with E-state index < -0.39 is 40.2 Å². The molecule has 0 bridgehead atoms. The molecular formula is C22H28FN3O5S. The lowest BCUT2D eigenvalue weighted by Crippen LogP contribution is -2.47. The zero-order valence-corrected chi connectivity index (χ0v) is 18.9. The van der Waals surface area contributed by atoms with Crippen LogP contribution in [0.1, 0.15) is 23.6 Å². The summed E-state index contributed by atoms with van der Waals surface area (Å²) in [5.41, 5.74) is 1.11. The molecular weight excluding hydrogens is 437 g/mol. The van der Waals surface area contributed by atoms with Crippen molar-refractivity contribution in [1.29, 1.82) is 0 Å². The summed E-state index contributed by atoms with van der Waals surface area (Å²) in [5, 5.41) is 11.7. The quantitative estimate of drug-likeness (QED) is 0.487. The number of nitrogens with one attached hydrogen (secondary N) is 1. The van der Waals surface area contributed by atoms with Crippen molar-refractivity contribution in [2.75, 3.05) is 33.0 Å². The molecule has 2 rings (SSSR count). The SMILES string of the molecule is CN(CC(=O)N(Cc1ccc(F)cc1)[C@H](C(=O)NCCCO)c1ccccc1)S(C)(=O)=O. The third kappa shape index (κ3) is 7.40. The number of halogens is 1. The van der Waals surface area contributed by atoms with Crippen LogP contribution in [0.25, 0.3) is 0 Å². The highest BCUT2D eigenvalue weighted by molar-refractivity contribution is 7.88. The predicted molar refractivity (Wildman–Crippen MR) is 118 cm³/mol. The molecule has 0 saturated carbocycles. The average Bonchev–Trinajstić information content (AvgIpc) is 2.75. The zero-order valence-electron chi connectivity index (χ0n) is 18.1. The third-order valence-electron chi connectivity index (χ3n) is 4.82. The lowest BCUT2D eigenvalue weighted by molar-refractivity contribution is -0.141. The first-order chi connectivity index (χ1) is 15.1. The maximum atomic E-state index is 13.4. The van der Waals surface area contributed by atoms with Gasteiger partial charge in [0.15, 0.2) is 0 Å². The highest BCUT2D eigenvalue weighted by Gasteiger charge is 2.32. The van der Waals surface area contributed by atoms with Gasteiger partial charge in [0.2, 0.25) is 21.8 Å². The molecule has 8 nitrogen and oxygen atoms in total. The maximum Gasteiger partial charge on any atom is 0.247 e. The number of hydrogen-bond donors (Lipinski definition) is 2. The highest BCUT2D eigenvalue weighted by atomic mass is 32.2. The van der Waals surface area contributed by atoms with Crippen molar-refractivity contribution in [1.82, 2.24) is 14.5 Å². The molecule has 0 radical (unpaired) electrons. The van der Waals surface area contributed by atoms with Gasteiger partial charge < -0.3 is 15.3 Å². The molecule has 0 heterocycles. The smallest absolute Gasteiger partial charge is 0.247 e. The second kappa shape index (κ2) is 11.7. The van der Waals surface area contributed by atoms with Crippen LogP contribution in [0.2, 0.25) is 0 Å². The summed E-state index contributed by atoms with van der Waals surface area (Å²) in [5.74, 6) is -1.50. The Morgan fingerprint density at radius 2 is 1.72 bits per heavy atom. The summed E-state index contributed by atoms with van der Waals surface area (Å²) >= 11 is 0. The van der Waals surface area contributed by atoms with Gasteiger partial charge in [-0.2, -0.15) is 4.31 Å². The van der Waals surface area contributed by atoms with Crippen LogP contribution in [0.3, 0.4) is 0 Å². The largest absolute Gasteiger partial charge is 0.396 e. The lowest BCUT2D eigenvalue weighted by atomic mass is 10.0. The number of carbonyl (C=O) groups is 2. The van der Waals surface area contributed by atoms with Gasteiger partial charge in [-0.25, -0.2) is 12.8 Å². The molecule has 0 fully saturated rings. The van der Waals surface area contributed by atoms with E-state index in [-0.39, 0.29) is 19.7 Å². The summed E-state index contributed by atoms with van der Waals surface area (Å²) in [4.78, 5) is 27.6. The minimum absolute atomic E-state index is 0.0380. The lowest BCUT2D eigenvalue weighted by Gasteiger charge is -2.32. The first kappa shape index (κ1) is 25.4. The van der Waals surface area contributed by atoms with Crippen molar-refractivity contribution in [2.24, 2.45) is 0 Å². The second-order valence-corrected chi connectivity index (χ2v) is 9.44. The van der Waals surface area contributed by atoms with E-state index in [1.807, 2.05) is 0 Å². The molecule has 2 aromatic rings. The predicted octanol–water partition coefficient (Wildman–Crippen LogP) is 1.29. The normalized spacial score (nSPS) is 12.4. The van der Waals surface area contributed by atoms with Crippen LogP contribution in [0, 0.1) is 5.82 Å². The summed E-state index contributed by atoms with van der Waals surface area (Å²) in [6, 6.07) is 13.1. The Morgan fingerprint density at radius 1 is 1.09 bits per heavy atom. The van der Waals surface area contributed by atoms with Crippen LogP contribution in [0.5, 0.6) is 0 Å². The Kier molecular flexibility index (Phi) is 9.30. The van der Waals surface area contributed by atoms with Crippen LogP contribution in [-0.2, 0) is 26.2 Å². The summed E-state index contributed by atoms with van der Waals surface area (Å²) < 4.78 is 38.0. The number of sulfonamides is 1. The maximum absolute atomic E-state index is 13.4. The zero-order chi connectivity index (χ0) is 23.7. The molecule has 0 aliphatic carbocycles. The van der Waals surface area contributed by atoms with Gasteiger partial charge in [0.05, 0.1) is 12.8 Å². The van der Waals surface area contributed by atoms with Gasteiger partial charge in [0.25, 0.3) is 0 Å². The first-order valence-corrected chi connectivity index (χ1v) is 11.9. The molecule has 0 aromatic heterocycles. The molecule has 0 aliphatic rings. The fourth-order valence-electron chi connectivity index (χ4n) is 3.00. The van der Waals surface area contributed by atoms with Gasteiger partial charge in [-0.15, -0.1) is 0 Å².